The fourth-order valence-electron chi connectivity index (χ4n) is 1.56. The number of halogens is 3. The maximum absolute atomic E-state index is 13.3. The molecule has 0 heterocycles. The van der Waals surface area contributed by atoms with Crippen molar-refractivity contribution < 1.29 is 9.18 Å². The number of hydrogen-bond acceptors (Lipinski definition) is 1. The standard InChI is InChI=1S/C14H10Br2FNO/c15-11-4-2-1-3-10(11)8-18-14(19)9-5-6-12(16)13(17)7-9/h1-7H,8H2,(H,18,19). The number of rotatable bonds is 3. The molecule has 1 amide bonds. The summed E-state index contributed by atoms with van der Waals surface area (Å²) in [5, 5.41) is 2.75. The normalized spacial score (nSPS) is 10.3. The first-order chi connectivity index (χ1) is 9.08. The lowest BCUT2D eigenvalue weighted by atomic mass is 10.2. The van der Waals surface area contributed by atoms with Crippen LogP contribution in [-0.2, 0) is 6.54 Å². The maximum atomic E-state index is 13.3. The Kier molecular flexibility index (Phi) is 4.71. The van der Waals surface area contributed by atoms with Crippen LogP contribution >= 0.6 is 31.9 Å². The molecule has 1 N–H and O–H groups in total. The predicted octanol–water partition coefficient (Wildman–Crippen LogP) is 4.28. The minimum atomic E-state index is -0.450. The lowest BCUT2D eigenvalue weighted by Gasteiger charge is -2.07. The lowest BCUT2D eigenvalue weighted by molar-refractivity contribution is 0.0950. The Bertz CT molecular complexity index is 616. The highest BCUT2D eigenvalue weighted by Gasteiger charge is 2.09. The van der Waals surface area contributed by atoms with Gasteiger partial charge in [-0.15, -0.1) is 0 Å². The third-order valence-corrected chi connectivity index (χ3v) is 4.00. The van der Waals surface area contributed by atoms with Crippen LogP contribution in [0.5, 0.6) is 0 Å². The van der Waals surface area contributed by atoms with Gasteiger partial charge in [0.15, 0.2) is 0 Å². The summed E-state index contributed by atoms with van der Waals surface area (Å²) < 4.78 is 14.6. The van der Waals surface area contributed by atoms with Crippen molar-refractivity contribution in [1.29, 1.82) is 0 Å². The van der Waals surface area contributed by atoms with E-state index in [4.69, 9.17) is 0 Å². The molecule has 0 aliphatic heterocycles. The first-order valence-electron chi connectivity index (χ1n) is 5.54. The molecule has 0 spiro atoms. The van der Waals surface area contributed by atoms with Gasteiger partial charge in [0.05, 0.1) is 4.47 Å². The van der Waals surface area contributed by atoms with Crippen LogP contribution in [0.4, 0.5) is 4.39 Å². The summed E-state index contributed by atoms with van der Waals surface area (Å²) in [6, 6.07) is 11.9. The summed E-state index contributed by atoms with van der Waals surface area (Å²) in [7, 11) is 0. The first kappa shape index (κ1) is 14.2. The van der Waals surface area contributed by atoms with Crippen LogP contribution < -0.4 is 5.32 Å². The van der Waals surface area contributed by atoms with E-state index in [1.54, 1.807) is 6.07 Å². The highest BCUT2D eigenvalue weighted by molar-refractivity contribution is 9.10. The molecule has 5 heteroatoms. The van der Waals surface area contributed by atoms with Gasteiger partial charge < -0.3 is 5.32 Å². The van der Waals surface area contributed by atoms with Gasteiger partial charge in [0.1, 0.15) is 5.82 Å². The van der Waals surface area contributed by atoms with Gasteiger partial charge in [-0.05, 0) is 45.8 Å². The molecule has 2 nitrogen and oxygen atoms in total. The molecule has 19 heavy (non-hydrogen) atoms. The van der Waals surface area contributed by atoms with Crippen molar-refractivity contribution in [1.82, 2.24) is 5.32 Å². The SMILES string of the molecule is O=C(NCc1ccccc1Br)c1ccc(Br)c(F)c1. The van der Waals surface area contributed by atoms with E-state index in [0.29, 0.717) is 16.6 Å². The number of nitrogens with one attached hydrogen (secondary N) is 1. The molecule has 0 saturated carbocycles. The van der Waals surface area contributed by atoms with E-state index >= 15 is 0 Å². The summed E-state index contributed by atoms with van der Waals surface area (Å²) in [4.78, 5) is 11.9. The molecule has 0 aliphatic rings. The average molecular weight is 387 g/mol. The Morgan fingerprint density at radius 1 is 1.11 bits per heavy atom. The Hall–Kier alpha value is -1.20. The summed E-state index contributed by atoms with van der Waals surface area (Å²) in [6.45, 7) is 0.387. The monoisotopic (exact) mass is 385 g/mol. The molecule has 0 fully saturated rings. The molecule has 0 aliphatic carbocycles. The van der Waals surface area contributed by atoms with Gasteiger partial charge in [0.25, 0.3) is 5.91 Å². The molecule has 0 bridgehead atoms. The predicted molar refractivity (Wildman–Crippen MR) is 79.4 cm³/mol. The molecule has 98 valence electrons. The Morgan fingerprint density at radius 2 is 1.84 bits per heavy atom. The summed E-state index contributed by atoms with van der Waals surface area (Å²) in [6.07, 6.45) is 0. The molecule has 0 atom stereocenters. The van der Waals surface area contributed by atoms with E-state index in [0.717, 1.165) is 10.0 Å². The van der Waals surface area contributed by atoms with Gasteiger partial charge in [0.2, 0.25) is 0 Å². The average Bonchev–Trinajstić information content (AvgIpc) is 2.40. The number of hydrogen-bond donors (Lipinski definition) is 1. The number of benzene rings is 2. The van der Waals surface area contributed by atoms with Crippen molar-refractivity contribution in [3.63, 3.8) is 0 Å². The lowest BCUT2D eigenvalue weighted by Crippen LogP contribution is -2.23. The molecular weight excluding hydrogens is 377 g/mol. The molecule has 2 aromatic carbocycles. The second kappa shape index (κ2) is 6.30. The van der Waals surface area contributed by atoms with E-state index in [2.05, 4.69) is 37.2 Å². The van der Waals surface area contributed by atoms with Crippen LogP contribution in [0.15, 0.2) is 51.4 Å². The topological polar surface area (TPSA) is 29.1 Å². The smallest absolute Gasteiger partial charge is 0.251 e. The Balaban J connectivity index is 2.05. The van der Waals surface area contributed by atoms with Crippen molar-refractivity contribution in [2.24, 2.45) is 0 Å². The zero-order valence-electron chi connectivity index (χ0n) is 9.79. The number of carbonyl (C=O) groups excluding carboxylic acids is 1. The second-order valence-corrected chi connectivity index (χ2v) is 5.61. The van der Waals surface area contributed by atoms with Crippen LogP contribution in [0.25, 0.3) is 0 Å². The minimum Gasteiger partial charge on any atom is -0.348 e. The zero-order chi connectivity index (χ0) is 13.8. The molecular formula is C14H10Br2FNO. The molecule has 0 unspecified atom stereocenters. The molecule has 2 rings (SSSR count). The van der Waals surface area contributed by atoms with Gasteiger partial charge in [-0.3, -0.25) is 4.79 Å². The summed E-state index contributed by atoms with van der Waals surface area (Å²) in [5.41, 5.74) is 1.26. The van der Waals surface area contributed by atoms with Crippen molar-refractivity contribution in [3.8, 4) is 0 Å². The zero-order valence-corrected chi connectivity index (χ0v) is 13.0. The van der Waals surface area contributed by atoms with E-state index in [1.807, 2.05) is 24.3 Å². The van der Waals surface area contributed by atoms with Crippen molar-refractivity contribution in [2.75, 3.05) is 0 Å². The second-order valence-electron chi connectivity index (χ2n) is 3.90. The van der Waals surface area contributed by atoms with Gasteiger partial charge >= 0.3 is 0 Å². The molecule has 0 saturated heterocycles. The maximum Gasteiger partial charge on any atom is 0.251 e. The summed E-state index contributed by atoms with van der Waals surface area (Å²) >= 11 is 6.46. The molecule has 0 radical (unpaired) electrons. The fourth-order valence-corrected chi connectivity index (χ4v) is 2.23. The Labute approximate surface area is 127 Å². The van der Waals surface area contributed by atoms with Crippen LogP contribution in [-0.4, -0.2) is 5.91 Å². The first-order valence-corrected chi connectivity index (χ1v) is 7.13. The van der Waals surface area contributed by atoms with E-state index < -0.39 is 5.82 Å². The van der Waals surface area contributed by atoms with Crippen LogP contribution in [0, 0.1) is 5.82 Å². The third kappa shape index (κ3) is 3.64. The number of amides is 1. The quantitative estimate of drug-likeness (QED) is 0.837. The highest BCUT2D eigenvalue weighted by Crippen LogP contribution is 2.17. The van der Waals surface area contributed by atoms with Crippen LogP contribution in [0.2, 0.25) is 0 Å². The van der Waals surface area contributed by atoms with E-state index in [9.17, 15) is 9.18 Å². The van der Waals surface area contributed by atoms with E-state index in [1.165, 1.54) is 12.1 Å². The largest absolute Gasteiger partial charge is 0.348 e. The summed E-state index contributed by atoms with van der Waals surface area (Å²) in [5.74, 6) is -0.754. The van der Waals surface area contributed by atoms with Crippen molar-refractivity contribution in [3.05, 3.63) is 68.4 Å². The Morgan fingerprint density at radius 3 is 2.53 bits per heavy atom. The van der Waals surface area contributed by atoms with Gasteiger partial charge in [0, 0.05) is 16.6 Å². The highest BCUT2D eigenvalue weighted by atomic mass is 79.9. The van der Waals surface area contributed by atoms with Crippen LogP contribution in [0.3, 0.4) is 0 Å². The minimum absolute atomic E-state index is 0.299. The molecule has 2 aromatic rings. The van der Waals surface area contributed by atoms with Crippen molar-refractivity contribution in [2.45, 2.75) is 6.54 Å². The fraction of sp³-hybridized carbons (Fsp3) is 0.0714. The van der Waals surface area contributed by atoms with E-state index in [-0.39, 0.29) is 5.91 Å². The van der Waals surface area contributed by atoms with Gasteiger partial charge in [-0.1, -0.05) is 34.1 Å². The third-order valence-electron chi connectivity index (χ3n) is 2.58. The van der Waals surface area contributed by atoms with Crippen molar-refractivity contribution >= 4 is 37.8 Å². The van der Waals surface area contributed by atoms with Gasteiger partial charge in [-0.25, -0.2) is 4.39 Å². The number of carbonyl (C=O) groups is 1. The van der Waals surface area contributed by atoms with Gasteiger partial charge in [-0.2, -0.15) is 0 Å². The molecule has 0 aromatic heterocycles. The van der Waals surface area contributed by atoms with Crippen LogP contribution in [0.1, 0.15) is 15.9 Å².